The Labute approximate surface area is 175 Å². The fourth-order valence-corrected chi connectivity index (χ4v) is 3.07. The second kappa shape index (κ2) is 9.41. The van der Waals surface area contributed by atoms with Gasteiger partial charge >= 0.3 is 6.18 Å². The van der Waals surface area contributed by atoms with Crippen LogP contribution in [0.3, 0.4) is 0 Å². The molecule has 8 nitrogen and oxygen atoms in total. The first-order chi connectivity index (χ1) is 14.8. The van der Waals surface area contributed by atoms with Crippen molar-refractivity contribution < 1.29 is 22.7 Å². The molecule has 2 heterocycles. The van der Waals surface area contributed by atoms with Gasteiger partial charge in [0, 0.05) is 31.6 Å². The van der Waals surface area contributed by atoms with Crippen molar-refractivity contribution in [3.63, 3.8) is 0 Å². The van der Waals surface area contributed by atoms with E-state index in [1.807, 2.05) is 12.1 Å². The zero-order valence-corrected chi connectivity index (χ0v) is 16.2. The van der Waals surface area contributed by atoms with Crippen LogP contribution in [0.5, 0.6) is 0 Å². The summed E-state index contributed by atoms with van der Waals surface area (Å²) < 4.78 is 45.9. The summed E-state index contributed by atoms with van der Waals surface area (Å²) in [5, 5.41) is 23.1. The van der Waals surface area contributed by atoms with Crippen LogP contribution in [0.4, 0.5) is 24.8 Å². The molecule has 1 aromatic heterocycles. The van der Waals surface area contributed by atoms with E-state index in [0.717, 1.165) is 19.0 Å². The molecule has 0 bridgehead atoms. The summed E-state index contributed by atoms with van der Waals surface area (Å²) in [6.07, 6.45) is -2.65. The molecule has 0 unspecified atom stereocenters. The van der Waals surface area contributed by atoms with Gasteiger partial charge in [0.15, 0.2) is 5.69 Å². The molecule has 1 fully saturated rings. The first-order valence-electron chi connectivity index (χ1n) is 9.32. The smallest absolute Gasteiger partial charge is 0.381 e. The summed E-state index contributed by atoms with van der Waals surface area (Å²) in [6, 6.07) is 7.72. The van der Waals surface area contributed by atoms with Crippen LogP contribution in [0.15, 0.2) is 24.4 Å². The van der Waals surface area contributed by atoms with E-state index < -0.39 is 29.3 Å². The summed E-state index contributed by atoms with van der Waals surface area (Å²) in [5.41, 5.74) is -1.62. The number of carbonyl (C=O) groups is 1. The van der Waals surface area contributed by atoms with Crippen molar-refractivity contribution in [2.45, 2.75) is 19.0 Å². The molecule has 1 aromatic carbocycles. The number of hydrogen-bond donors (Lipinski definition) is 2. The number of carbonyl (C=O) groups excluding carboxylic acids is 1. The molecule has 3 rings (SSSR count). The highest BCUT2D eigenvalue weighted by molar-refractivity contribution is 5.95. The molecule has 11 heteroatoms. The highest BCUT2D eigenvalue weighted by Gasteiger charge is 2.38. The highest BCUT2D eigenvalue weighted by Crippen LogP contribution is 2.31. The number of nitriles is 2. The number of hydrogen-bond acceptors (Lipinski definition) is 7. The van der Waals surface area contributed by atoms with Crippen molar-refractivity contribution in [1.29, 1.82) is 10.5 Å². The molecule has 160 valence electrons. The second-order valence-electron chi connectivity index (χ2n) is 6.87. The average molecular weight is 430 g/mol. The molecule has 1 amide bonds. The van der Waals surface area contributed by atoms with Crippen LogP contribution >= 0.6 is 0 Å². The SMILES string of the molecule is N#Cc1cc(C#N)cc(Nc2ncc(C(=O)NCC3CCOCC3)c(C(F)(F)F)n2)c1. The Morgan fingerprint density at radius 2 is 1.81 bits per heavy atom. The van der Waals surface area contributed by atoms with Gasteiger partial charge in [0.1, 0.15) is 0 Å². The average Bonchev–Trinajstić information content (AvgIpc) is 2.77. The largest absolute Gasteiger partial charge is 0.434 e. The predicted molar refractivity (Wildman–Crippen MR) is 102 cm³/mol. The first kappa shape index (κ1) is 22.0. The van der Waals surface area contributed by atoms with E-state index in [2.05, 4.69) is 20.6 Å². The van der Waals surface area contributed by atoms with Crippen LogP contribution in [0.25, 0.3) is 0 Å². The van der Waals surface area contributed by atoms with Crippen LogP contribution in [-0.2, 0) is 10.9 Å². The normalized spacial score (nSPS) is 14.4. The lowest BCUT2D eigenvalue weighted by Crippen LogP contribution is -2.33. The van der Waals surface area contributed by atoms with Gasteiger partial charge in [-0.25, -0.2) is 9.97 Å². The molecule has 0 radical (unpaired) electrons. The number of alkyl halides is 3. The number of anilines is 2. The van der Waals surface area contributed by atoms with Crippen LogP contribution < -0.4 is 10.6 Å². The van der Waals surface area contributed by atoms with Crippen LogP contribution in [0, 0.1) is 28.6 Å². The summed E-state index contributed by atoms with van der Waals surface area (Å²) in [6.45, 7) is 1.34. The van der Waals surface area contributed by atoms with Crippen molar-refractivity contribution in [1.82, 2.24) is 15.3 Å². The van der Waals surface area contributed by atoms with Gasteiger partial charge in [-0.2, -0.15) is 23.7 Å². The van der Waals surface area contributed by atoms with E-state index in [4.69, 9.17) is 15.3 Å². The first-order valence-corrected chi connectivity index (χ1v) is 9.32. The van der Waals surface area contributed by atoms with E-state index in [9.17, 15) is 18.0 Å². The maximum absolute atomic E-state index is 13.6. The van der Waals surface area contributed by atoms with E-state index in [1.54, 1.807) is 0 Å². The standard InChI is InChI=1S/C20H17F3N6O2/c21-20(22,23)17-16(18(30)26-10-12-1-3-31-4-2-12)11-27-19(29-17)28-15-6-13(8-24)5-14(7-15)9-25/h5-7,11-12H,1-4,10H2,(H,26,30)(H,27,28,29). The Bertz CT molecular complexity index is 1020. The maximum Gasteiger partial charge on any atom is 0.434 e. The van der Waals surface area contributed by atoms with Gasteiger partial charge in [0.05, 0.1) is 28.8 Å². The van der Waals surface area contributed by atoms with Gasteiger partial charge in [0.25, 0.3) is 5.91 Å². The molecule has 0 aliphatic carbocycles. The van der Waals surface area contributed by atoms with Crippen LogP contribution in [0.2, 0.25) is 0 Å². The lowest BCUT2D eigenvalue weighted by Gasteiger charge is -2.22. The van der Waals surface area contributed by atoms with Crippen molar-refractivity contribution in [3.8, 4) is 12.1 Å². The third-order valence-corrected chi connectivity index (χ3v) is 4.64. The molecule has 2 aromatic rings. The van der Waals surface area contributed by atoms with Gasteiger partial charge in [-0.15, -0.1) is 0 Å². The quantitative estimate of drug-likeness (QED) is 0.747. The number of nitrogens with one attached hydrogen (secondary N) is 2. The molecule has 1 aliphatic rings. The predicted octanol–water partition coefficient (Wildman–Crippen LogP) is 3.14. The summed E-state index contributed by atoms with van der Waals surface area (Å²) in [7, 11) is 0. The maximum atomic E-state index is 13.6. The van der Waals surface area contributed by atoms with Crippen LogP contribution in [-0.4, -0.2) is 35.6 Å². The monoisotopic (exact) mass is 430 g/mol. The molecule has 0 spiro atoms. The molecular weight excluding hydrogens is 413 g/mol. The van der Waals surface area contributed by atoms with Gasteiger partial charge in [-0.1, -0.05) is 0 Å². The van der Waals surface area contributed by atoms with Crippen molar-refractivity contribution >= 4 is 17.5 Å². The van der Waals surface area contributed by atoms with Crippen molar-refractivity contribution in [2.24, 2.45) is 5.92 Å². The lowest BCUT2D eigenvalue weighted by atomic mass is 10.0. The molecule has 0 saturated carbocycles. The molecule has 0 atom stereocenters. The molecule has 1 aliphatic heterocycles. The Kier molecular flexibility index (Phi) is 6.68. The zero-order valence-electron chi connectivity index (χ0n) is 16.2. The fraction of sp³-hybridized carbons (Fsp3) is 0.350. The number of ether oxygens (including phenoxy) is 1. The number of rotatable bonds is 5. The third-order valence-electron chi connectivity index (χ3n) is 4.64. The fourth-order valence-electron chi connectivity index (χ4n) is 3.07. The number of nitrogens with zero attached hydrogens (tertiary/aromatic N) is 4. The van der Waals surface area contributed by atoms with Crippen molar-refractivity contribution in [3.05, 3.63) is 46.8 Å². The number of halogens is 3. The Balaban J connectivity index is 1.82. The Morgan fingerprint density at radius 1 is 1.16 bits per heavy atom. The second-order valence-corrected chi connectivity index (χ2v) is 6.87. The minimum absolute atomic E-state index is 0.135. The zero-order chi connectivity index (χ0) is 22.4. The van der Waals surface area contributed by atoms with E-state index >= 15 is 0 Å². The number of amides is 1. The topological polar surface area (TPSA) is 124 Å². The van der Waals surface area contributed by atoms with Gasteiger partial charge in [-0.3, -0.25) is 4.79 Å². The molecule has 31 heavy (non-hydrogen) atoms. The van der Waals surface area contributed by atoms with E-state index in [-0.39, 0.29) is 29.3 Å². The number of aromatic nitrogens is 2. The Hall–Kier alpha value is -3.70. The number of benzene rings is 1. The highest BCUT2D eigenvalue weighted by atomic mass is 19.4. The summed E-state index contributed by atoms with van der Waals surface area (Å²) >= 11 is 0. The molecule has 2 N–H and O–H groups in total. The van der Waals surface area contributed by atoms with Crippen molar-refractivity contribution in [2.75, 3.05) is 25.1 Å². The van der Waals surface area contributed by atoms with E-state index in [0.29, 0.717) is 13.2 Å². The molecular formula is C20H17F3N6O2. The third kappa shape index (κ3) is 5.68. The molecule has 1 saturated heterocycles. The van der Waals surface area contributed by atoms with E-state index in [1.165, 1.54) is 18.2 Å². The minimum Gasteiger partial charge on any atom is -0.381 e. The van der Waals surface area contributed by atoms with Gasteiger partial charge in [0.2, 0.25) is 5.95 Å². The lowest BCUT2D eigenvalue weighted by molar-refractivity contribution is -0.141. The van der Waals surface area contributed by atoms with Crippen LogP contribution in [0.1, 0.15) is 40.0 Å². The summed E-state index contributed by atoms with van der Waals surface area (Å²) in [5.74, 6) is -1.20. The van der Waals surface area contributed by atoms with Gasteiger partial charge in [-0.05, 0) is 37.0 Å². The van der Waals surface area contributed by atoms with Gasteiger partial charge < -0.3 is 15.4 Å². The minimum atomic E-state index is -4.89. The summed E-state index contributed by atoms with van der Waals surface area (Å²) in [4.78, 5) is 19.7. The Morgan fingerprint density at radius 3 is 2.39 bits per heavy atom.